The van der Waals surface area contributed by atoms with Crippen LogP contribution in [0.25, 0.3) is 11.0 Å². The van der Waals surface area contributed by atoms with Gasteiger partial charge in [-0.2, -0.15) is 5.26 Å². The molecule has 0 fully saturated rings. The third-order valence-electron chi connectivity index (χ3n) is 5.61. The second-order valence-electron chi connectivity index (χ2n) is 8.08. The minimum Gasteiger partial charge on any atom is -0.335 e. The Labute approximate surface area is 200 Å². The summed E-state index contributed by atoms with van der Waals surface area (Å²) in [5.41, 5.74) is 2.94. The van der Waals surface area contributed by atoms with Crippen LogP contribution in [0.15, 0.2) is 60.0 Å². The van der Waals surface area contributed by atoms with Gasteiger partial charge in [-0.15, -0.1) is 6.58 Å². The van der Waals surface area contributed by atoms with Gasteiger partial charge < -0.3 is 9.47 Å². The number of sulfonamides is 1. The lowest BCUT2D eigenvalue weighted by molar-refractivity contribution is -0.131. The lowest BCUT2D eigenvalue weighted by Gasteiger charge is -2.21. The number of aryl methyl sites for hydroxylation is 2. The first-order chi connectivity index (χ1) is 16.2. The number of rotatable bonds is 10. The number of carbonyl (C=O) groups is 1. The maximum atomic E-state index is 13.0. The van der Waals surface area contributed by atoms with Crippen LogP contribution in [0.2, 0.25) is 0 Å². The highest BCUT2D eigenvalue weighted by Crippen LogP contribution is 2.23. The highest BCUT2D eigenvalue weighted by Gasteiger charge is 2.20. The van der Waals surface area contributed by atoms with Crippen molar-refractivity contribution in [2.45, 2.75) is 37.8 Å². The summed E-state index contributed by atoms with van der Waals surface area (Å²) in [4.78, 5) is 19.6. The first-order valence-corrected chi connectivity index (χ1v) is 12.4. The largest absolute Gasteiger partial charge is 0.335 e. The molecule has 3 rings (SSSR count). The molecule has 2 aromatic carbocycles. The van der Waals surface area contributed by atoms with Gasteiger partial charge in [0.15, 0.2) is 0 Å². The van der Waals surface area contributed by atoms with Crippen molar-refractivity contribution >= 4 is 27.0 Å². The van der Waals surface area contributed by atoms with E-state index in [1.165, 1.54) is 18.4 Å². The third kappa shape index (κ3) is 5.35. The van der Waals surface area contributed by atoms with Crippen molar-refractivity contribution < 1.29 is 13.2 Å². The number of fused-ring (bicyclic) bond motifs is 1. The van der Waals surface area contributed by atoms with Gasteiger partial charge in [0.05, 0.1) is 27.6 Å². The number of hydrogen-bond donors (Lipinski definition) is 0. The maximum absolute atomic E-state index is 13.0. The van der Waals surface area contributed by atoms with Crippen molar-refractivity contribution in [3.63, 3.8) is 0 Å². The van der Waals surface area contributed by atoms with E-state index in [0.29, 0.717) is 37.1 Å². The van der Waals surface area contributed by atoms with Gasteiger partial charge in [0.1, 0.15) is 5.82 Å². The van der Waals surface area contributed by atoms with Gasteiger partial charge >= 0.3 is 0 Å². The van der Waals surface area contributed by atoms with Crippen molar-refractivity contribution in [1.29, 1.82) is 5.26 Å². The van der Waals surface area contributed by atoms with E-state index in [0.717, 1.165) is 16.9 Å². The Balaban J connectivity index is 1.79. The summed E-state index contributed by atoms with van der Waals surface area (Å²) in [6, 6.07) is 14.2. The van der Waals surface area contributed by atoms with Gasteiger partial charge in [0, 0.05) is 46.6 Å². The van der Waals surface area contributed by atoms with Crippen LogP contribution in [0.1, 0.15) is 30.3 Å². The average Bonchev–Trinajstić information content (AvgIpc) is 3.19. The lowest BCUT2D eigenvalue weighted by atomic mass is 10.1. The van der Waals surface area contributed by atoms with Gasteiger partial charge in [-0.1, -0.05) is 18.2 Å². The van der Waals surface area contributed by atoms with Gasteiger partial charge in [-0.25, -0.2) is 17.7 Å². The summed E-state index contributed by atoms with van der Waals surface area (Å²) in [6.07, 6.45) is 2.38. The lowest BCUT2D eigenvalue weighted by Crippen LogP contribution is -2.31. The number of benzene rings is 2. The van der Waals surface area contributed by atoms with Crippen LogP contribution < -0.4 is 0 Å². The minimum atomic E-state index is -3.56. The highest BCUT2D eigenvalue weighted by atomic mass is 32.2. The molecule has 0 atom stereocenters. The summed E-state index contributed by atoms with van der Waals surface area (Å²) in [6.45, 7) is 7.24. The third-order valence-corrected chi connectivity index (χ3v) is 7.43. The van der Waals surface area contributed by atoms with E-state index in [4.69, 9.17) is 5.26 Å². The molecule has 9 heteroatoms. The quantitative estimate of drug-likeness (QED) is 0.415. The van der Waals surface area contributed by atoms with Crippen LogP contribution in [-0.4, -0.2) is 53.7 Å². The molecule has 0 aliphatic rings. The molecule has 0 N–H and O–H groups in total. The van der Waals surface area contributed by atoms with Gasteiger partial charge in [0.25, 0.3) is 0 Å². The Morgan fingerprint density at radius 1 is 1.21 bits per heavy atom. The molecule has 178 valence electrons. The van der Waals surface area contributed by atoms with E-state index in [2.05, 4.69) is 17.6 Å². The Bertz CT molecular complexity index is 1340. The van der Waals surface area contributed by atoms with Crippen molar-refractivity contribution in [3.8, 4) is 6.07 Å². The van der Waals surface area contributed by atoms with Crippen LogP contribution in [0.5, 0.6) is 0 Å². The maximum Gasteiger partial charge on any atom is 0.242 e. The van der Waals surface area contributed by atoms with Crippen molar-refractivity contribution in [3.05, 3.63) is 72.1 Å². The van der Waals surface area contributed by atoms with E-state index in [1.54, 1.807) is 41.3 Å². The Morgan fingerprint density at radius 3 is 2.50 bits per heavy atom. The molecule has 0 spiro atoms. The number of nitrogens with zero attached hydrogens (tertiary/aromatic N) is 5. The normalized spacial score (nSPS) is 11.5. The molecule has 0 unspecified atom stereocenters. The fraction of sp³-hybridized carbons (Fsp3) is 0.320. The predicted molar refractivity (Wildman–Crippen MR) is 131 cm³/mol. The topological polar surface area (TPSA) is 99.3 Å². The van der Waals surface area contributed by atoms with Gasteiger partial charge in [-0.3, -0.25) is 4.79 Å². The average molecular weight is 480 g/mol. The Kier molecular flexibility index (Phi) is 7.87. The summed E-state index contributed by atoms with van der Waals surface area (Å²) in [5.74, 6) is 0.706. The molecular weight excluding hydrogens is 450 g/mol. The van der Waals surface area contributed by atoms with E-state index in [9.17, 15) is 13.2 Å². The summed E-state index contributed by atoms with van der Waals surface area (Å²) in [7, 11) is -0.572. The van der Waals surface area contributed by atoms with E-state index in [-0.39, 0.29) is 17.2 Å². The molecule has 0 saturated carbocycles. The molecule has 1 aromatic heterocycles. The zero-order valence-electron chi connectivity index (χ0n) is 19.7. The summed E-state index contributed by atoms with van der Waals surface area (Å²) < 4.78 is 28.2. The van der Waals surface area contributed by atoms with Crippen LogP contribution >= 0.6 is 0 Å². The van der Waals surface area contributed by atoms with Gasteiger partial charge in [-0.05, 0) is 42.8 Å². The first kappa shape index (κ1) is 25.1. The summed E-state index contributed by atoms with van der Waals surface area (Å²) >= 11 is 0. The van der Waals surface area contributed by atoms with Crippen molar-refractivity contribution in [2.24, 2.45) is 0 Å². The molecule has 1 heterocycles. The molecule has 0 saturated heterocycles. The molecule has 1 amide bonds. The fourth-order valence-electron chi connectivity index (χ4n) is 3.77. The molecule has 0 radical (unpaired) electrons. The SMILES string of the molecule is C=CCN(Cc1ccc(C#N)cc1)C(=O)CCc1nc2cc(S(=O)(=O)N(C)C)ccc2n1CC. The number of aromatic nitrogens is 2. The predicted octanol–water partition coefficient (Wildman–Crippen LogP) is 3.33. The molecule has 0 aliphatic heterocycles. The molecule has 0 aliphatic carbocycles. The minimum absolute atomic E-state index is 0.0326. The number of carbonyl (C=O) groups excluding carboxylic acids is 1. The number of nitriles is 1. The zero-order chi connectivity index (χ0) is 24.9. The molecule has 34 heavy (non-hydrogen) atoms. The van der Waals surface area contributed by atoms with E-state index < -0.39 is 10.0 Å². The first-order valence-electron chi connectivity index (χ1n) is 11.0. The number of hydrogen-bond acceptors (Lipinski definition) is 5. The molecular formula is C25H29N5O3S. The molecule has 3 aromatic rings. The van der Waals surface area contributed by atoms with E-state index in [1.807, 2.05) is 23.6 Å². The number of amides is 1. The van der Waals surface area contributed by atoms with Gasteiger partial charge in [0.2, 0.25) is 15.9 Å². The van der Waals surface area contributed by atoms with Crippen molar-refractivity contribution in [2.75, 3.05) is 20.6 Å². The Hall–Kier alpha value is -3.48. The monoisotopic (exact) mass is 479 g/mol. The van der Waals surface area contributed by atoms with Crippen LogP contribution in [-0.2, 0) is 34.3 Å². The van der Waals surface area contributed by atoms with Crippen LogP contribution in [0, 0.1) is 11.3 Å². The second-order valence-corrected chi connectivity index (χ2v) is 10.2. The Morgan fingerprint density at radius 2 is 1.91 bits per heavy atom. The fourth-order valence-corrected chi connectivity index (χ4v) is 4.69. The highest BCUT2D eigenvalue weighted by molar-refractivity contribution is 7.89. The standard InChI is InChI=1S/C25H29N5O3S/c1-5-15-29(18-20-9-7-19(17-26)8-10-20)25(31)14-13-24-27-22-16-21(34(32,33)28(3)4)11-12-23(22)30(24)6-2/h5,7-12,16H,1,6,13-15,18H2,2-4H3. The molecule has 8 nitrogen and oxygen atoms in total. The number of imidazole rings is 1. The second kappa shape index (κ2) is 10.6. The summed E-state index contributed by atoms with van der Waals surface area (Å²) in [5, 5.41) is 8.97. The van der Waals surface area contributed by atoms with Crippen LogP contribution in [0.3, 0.4) is 0 Å². The molecule has 0 bridgehead atoms. The van der Waals surface area contributed by atoms with Crippen LogP contribution in [0.4, 0.5) is 0 Å². The van der Waals surface area contributed by atoms with Crippen molar-refractivity contribution in [1.82, 2.24) is 18.8 Å². The van der Waals surface area contributed by atoms with E-state index >= 15 is 0 Å². The smallest absolute Gasteiger partial charge is 0.242 e. The zero-order valence-corrected chi connectivity index (χ0v) is 20.5.